The van der Waals surface area contributed by atoms with Gasteiger partial charge in [0.2, 0.25) is 0 Å². The van der Waals surface area contributed by atoms with Crippen molar-refractivity contribution in [2.75, 3.05) is 0 Å². The van der Waals surface area contributed by atoms with Gasteiger partial charge in [0, 0.05) is 19.2 Å². The van der Waals surface area contributed by atoms with E-state index in [0.29, 0.717) is 17.1 Å². The topological polar surface area (TPSA) is 29.1 Å². The molecule has 1 amide bonds. The van der Waals surface area contributed by atoms with Crippen molar-refractivity contribution < 1.29 is 4.79 Å². The number of fused-ring (bicyclic) bond motifs is 1. The second-order valence-corrected chi connectivity index (χ2v) is 7.33. The van der Waals surface area contributed by atoms with Crippen molar-refractivity contribution in [3.05, 3.63) is 54.6 Å². The molecule has 2 nitrogen and oxygen atoms in total. The van der Waals surface area contributed by atoms with E-state index in [1.807, 2.05) is 11.3 Å². The molecule has 1 aliphatic rings. The Morgan fingerprint density at radius 2 is 2.20 bits per heavy atom. The van der Waals surface area contributed by atoms with Gasteiger partial charge < -0.3 is 5.32 Å². The molecule has 0 aliphatic heterocycles. The van der Waals surface area contributed by atoms with Crippen LogP contribution in [0.1, 0.15) is 32.1 Å². The van der Waals surface area contributed by atoms with Gasteiger partial charge in [0.05, 0.1) is 12.1 Å². The van der Waals surface area contributed by atoms with Gasteiger partial charge in [-0.15, -0.1) is 11.3 Å². The monoisotopic (exact) mass is 369 g/mol. The van der Waals surface area contributed by atoms with Crippen molar-refractivity contribution in [1.29, 1.82) is 0 Å². The van der Waals surface area contributed by atoms with Crippen molar-refractivity contribution in [3.63, 3.8) is 0 Å². The second-order valence-electron chi connectivity index (χ2n) is 4.82. The van der Waals surface area contributed by atoms with E-state index in [-0.39, 0.29) is 5.91 Å². The highest BCUT2D eigenvalue weighted by atomic mass is 79.9. The third kappa shape index (κ3) is 2.92. The lowest BCUT2D eigenvalue weighted by molar-refractivity contribution is 0.0950. The molecule has 0 radical (unpaired) electrons. The van der Waals surface area contributed by atoms with Crippen LogP contribution >= 0.6 is 38.9 Å². The van der Waals surface area contributed by atoms with Crippen LogP contribution in [-0.2, 0) is 19.4 Å². The molecule has 104 valence electrons. The normalized spacial score (nSPS) is 13.3. The van der Waals surface area contributed by atoms with E-state index in [9.17, 15) is 4.79 Å². The molecular formula is C15H13BrClNOS. The minimum Gasteiger partial charge on any atom is -0.347 e. The van der Waals surface area contributed by atoms with Crippen LogP contribution in [0, 0.1) is 0 Å². The summed E-state index contributed by atoms with van der Waals surface area (Å²) in [6.45, 7) is 0.589. The molecule has 1 heterocycles. The number of halogens is 2. The highest BCUT2D eigenvalue weighted by Crippen LogP contribution is 2.30. The number of thiophene rings is 1. The number of carbonyl (C=O) groups excluding carboxylic acids is 1. The molecule has 0 fully saturated rings. The lowest BCUT2D eigenvalue weighted by Gasteiger charge is -2.06. The molecule has 5 heteroatoms. The van der Waals surface area contributed by atoms with E-state index in [1.54, 1.807) is 18.2 Å². The molecule has 0 saturated carbocycles. The van der Waals surface area contributed by atoms with Crippen LogP contribution in [0.15, 0.2) is 28.7 Å². The summed E-state index contributed by atoms with van der Waals surface area (Å²) in [4.78, 5) is 14.9. The first-order valence-corrected chi connectivity index (χ1v) is 8.46. The zero-order valence-corrected chi connectivity index (χ0v) is 13.9. The average Bonchev–Trinajstić information content (AvgIpc) is 2.96. The summed E-state index contributed by atoms with van der Waals surface area (Å²) in [5.41, 5.74) is 2.07. The summed E-state index contributed by atoms with van der Waals surface area (Å²) in [7, 11) is 0. The Balaban J connectivity index is 1.66. The molecule has 0 spiro atoms. The Kier molecular flexibility index (Phi) is 4.15. The maximum absolute atomic E-state index is 12.1. The SMILES string of the molecule is O=C(NCc1cc2c(s1)CCC2)c1ccc(Cl)cc1Br. The fourth-order valence-corrected chi connectivity index (χ4v) is 4.48. The largest absolute Gasteiger partial charge is 0.347 e. The van der Waals surface area contributed by atoms with Gasteiger partial charge in [-0.3, -0.25) is 4.79 Å². The third-order valence-electron chi connectivity index (χ3n) is 3.40. The Labute approximate surface area is 135 Å². The molecule has 0 unspecified atom stereocenters. The van der Waals surface area contributed by atoms with Gasteiger partial charge in [-0.1, -0.05) is 11.6 Å². The van der Waals surface area contributed by atoms with Gasteiger partial charge in [-0.25, -0.2) is 0 Å². The molecule has 0 atom stereocenters. The van der Waals surface area contributed by atoms with E-state index in [4.69, 9.17) is 11.6 Å². The van der Waals surface area contributed by atoms with E-state index < -0.39 is 0 Å². The number of amides is 1. The molecule has 2 aromatic rings. The first kappa shape index (κ1) is 14.1. The number of nitrogens with one attached hydrogen (secondary N) is 1. The summed E-state index contributed by atoms with van der Waals surface area (Å²) in [5.74, 6) is -0.0814. The van der Waals surface area contributed by atoms with Crippen molar-refractivity contribution in [2.45, 2.75) is 25.8 Å². The predicted octanol–water partition coefficient (Wildman–Crippen LogP) is 4.58. The predicted molar refractivity (Wildman–Crippen MR) is 86.7 cm³/mol. The molecular weight excluding hydrogens is 358 g/mol. The molecule has 20 heavy (non-hydrogen) atoms. The highest BCUT2D eigenvalue weighted by Gasteiger charge is 2.15. The standard InChI is InChI=1S/C15H13BrClNOS/c16-13-7-10(17)4-5-12(13)15(19)18-8-11-6-9-2-1-3-14(9)20-11/h4-7H,1-3,8H2,(H,18,19). The molecule has 1 aromatic heterocycles. The fourth-order valence-electron chi connectivity index (χ4n) is 2.41. The Morgan fingerprint density at radius 1 is 1.35 bits per heavy atom. The molecule has 1 N–H and O–H groups in total. The van der Waals surface area contributed by atoms with E-state index in [2.05, 4.69) is 27.3 Å². The Morgan fingerprint density at radius 3 is 2.95 bits per heavy atom. The number of aryl methyl sites for hydroxylation is 2. The number of rotatable bonds is 3. The van der Waals surface area contributed by atoms with Crippen LogP contribution in [0.5, 0.6) is 0 Å². The molecule has 1 aliphatic carbocycles. The minimum atomic E-state index is -0.0814. The number of benzene rings is 1. The van der Waals surface area contributed by atoms with Gasteiger partial charge in [0.25, 0.3) is 5.91 Å². The number of hydrogen-bond donors (Lipinski definition) is 1. The smallest absolute Gasteiger partial charge is 0.252 e. The third-order valence-corrected chi connectivity index (χ3v) is 5.52. The molecule has 0 saturated heterocycles. The fraction of sp³-hybridized carbons (Fsp3) is 0.267. The first-order valence-electron chi connectivity index (χ1n) is 6.47. The Bertz CT molecular complexity index is 646. The lowest BCUT2D eigenvalue weighted by Crippen LogP contribution is -2.22. The number of carbonyl (C=O) groups is 1. The van der Waals surface area contributed by atoms with E-state index in [1.165, 1.54) is 34.6 Å². The zero-order chi connectivity index (χ0) is 14.1. The van der Waals surface area contributed by atoms with Crippen LogP contribution in [-0.4, -0.2) is 5.91 Å². The van der Waals surface area contributed by atoms with Crippen LogP contribution < -0.4 is 5.32 Å². The van der Waals surface area contributed by atoms with Crippen molar-refractivity contribution >= 4 is 44.8 Å². The van der Waals surface area contributed by atoms with Crippen LogP contribution in [0.25, 0.3) is 0 Å². The summed E-state index contributed by atoms with van der Waals surface area (Å²) in [6, 6.07) is 7.41. The van der Waals surface area contributed by atoms with Gasteiger partial charge in [0.15, 0.2) is 0 Å². The molecule has 1 aromatic carbocycles. The van der Waals surface area contributed by atoms with Gasteiger partial charge in [-0.2, -0.15) is 0 Å². The summed E-state index contributed by atoms with van der Waals surface area (Å²) >= 11 is 11.1. The first-order chi connectivity index (χ1) is 9.63. The Hall–Kier alpha value is -0.840. The summed E-state index contributed by atoms with van der Waals surface area (Å²) < 4.78 is 0.719. The lowest BCUT2D eigenvalue weighted by atomic mass is 10.2. The van der Waals surface area contributed by atoms with Crippen molar-refractivity contribution in [2.24, 2.45) is 0 Å². The van der Waals surface area contributed by atoms with Gasteiger partial charge in [0.1, 0.15) is 0 Å². The average molecular weight is 371 g/mol. The maximum Gasteiger partial charge on any atom is 0.252 e. The summed E-state index contributed by atoms with van der Waals surface area (Å²) in [6.07, 6.45) is 3.64. The van der Waals surface area contributed by atoms with Crippen molar-refractivity contribution in [3.8, 4) is 0 Å². The molecule has 3 rings (SSSR count). The minimum absolute atomic E-state index is 0.0814. The van der Waals surface area contributed by atoms with Crippen molar-refractivity contribution in [1.82, 2.24) is 5.32 Å². The molecule has 0 bridgehead atoms. The second kappa shape index (κ2) is 5.88. The maximum atomic E-state index is 12.1. The summed E-state index contributed by atoms with van der Waals surface area (Å²) in [5, 5.41) is 3.58. The van der Waals surface area contributed by atoms with E-state index in [0.717, 1.165) is 4.47 Å². The quantitative estimate of drug-likeness (QED) is 0.841. The van der Waals surface area contributed by atoms with Gasteiger partial charge >= 0.3 is 0 Å². The number of hydrogen-bond acceptors (Lipinski definition) is 2. The van der Waals surface area contributed by atoms with Crippen LogP contribution in [0.2, 0.25) is 5.02 Å². The van der Waals surface area contributed by atoms with Crippen LogP contribution in [0.3, 0.4) is 0 Å². The van der Waals surface area contributed by atoms with Gasteiger partial charge in [-0.05, 0) is 65.0 Å². The van der Waals surface area contributed by atoms with E-state index >= 15 is 0 Å². The highest BCUT2D eigenvalue weighted by molar-refractivity contribution is 9.10. The zero-order valence-electron chi connectivity index (χ0n) is 10.7. The van der Waals surface area contributed by atoms with Crippen LogP contribution in [0.4, 0.5) is 0 Å².